The van der Waals surface area contributed by atoms with Crippen LogP contribution in [0.3, 0.4) is 0 Å². The van der Waals surface area contributed by atoms with Gasteiger partial charge in [0.2, 0.25) is 0 Å². The Morgan fingerprint density at radius 3 is 2.71 bits per heavy atom. The number of amides is 1. The van der Waals surface area contributed by atoms with E-state index in [9.17, 15) is 4.79 Å². The van der Waals surface area contributed by atoms with Crippen LogP contribution in [0, 0.1) is 11.3 Å². The van der Waals surface area contributed by atoms with Gasteiger partial charge in [-0.2, -0.15) is 5.26 Å². The van der Waals surface area contributed by atoms with Gasteiger partial charge in [0, 0.05) is 37.3 Å². The average Bonchev–Trinajstić information content (AvgIpc) is 3.31. The highest BCUT2D eigenvalue weighted by atomic mass is 16.3. The van der Waals surface area contributed by atoms with Gasteiger partial charge in [0.15, 0.2) is 5.76 Å². The molecule has 0 radical (unpaired) electrons. The van der Waals surface area contributed by atoms with E-state index < -0.39 is 5.91 Å². The van der Waals surface area contributed by atoms with Crippen molar-refractivity contribution in [1.82, 2.24) is 4.90 Å². The standard InChI is InChI=1S/C26H28N6O2/c1-19(21-7-4-6-20(15-21)18-27)5-2-3-10-31-11-13-32(14-12-31)23-8-9-24-22(16-23)17-25(34-24)26(33)29-30-28/h4,6-9,15-17H,1-3,5,10-14H2,(H2,28,29,33). The summed E-state index contributed by atoms with van der Waals surface area (Å²) in [5, 5.41) is 16.3. The van der Waals surface area contributed by atoms with E-state index in [2.05, 4.69) is 32.8 Å². The van der Waals surface area contributed by atoms with Gasteiger partial charge in [-0.1, -0.05) is 29.0 Å². The van der Waals surface area contributed by atoms with Gasteiger partial charge in [-0.3, -0.25) is 9.69 Å². The van der Waals surface area contributed by atoms with Crippen LogP contribution in [0.25, 0.3) is 16.5 Å². The lowest BCUT2D eigenvalue weighted by atomic mass is 10.00. The van der Waals surface area contributed by atoms with Crippen molar-refractivity contribution in [2.45, 2.75) is 19.3 Å². The summed E-state index contributed by atoms with van der Waals surface area (Å²) in [6.07, 6.45) is 3.14. The minimum atomic E-state index is -0.590. The van der Waals surface area contributed by atoms with Crippen LogP contribution in [-0.4, -0.2) is 43.5 Å². The molecule has 8 nitrogen and oxygen atoms in total. The number of nitrogens with zero attached hydrogens (tertiary/aromatic N) is 5. The zero-order chi connectivity index (χ0) is 23.9. The smallest absolute Gasteiger partial charge is 0.332 e. The van der Waals surface area contributed by atoms with Crippen LogP contribution in [0.1, 0.15) is 40.9 Å². The first-order valence-corrected chi connectivity index (χ1v) is 11.4. The highest BCUT2D eigenvalue weighted by molar-refractivity contribution is 5.97. The maximum atomic E-state index is 11.8. The Morgan fingerprint density at radius 1 is 1.12 bits per heavy atom. The number of nitriles is 1. The number of allylic oxidation sites excluding steroid dienone is 1. The Balaban J connectivity index is 1.23. The SMILES string of the molecule is C=C(CCCCN1CCN(c2ccc3oc(C(=O)N=NN)cc3c2)CC1)c1cccc(C#N)c1. The van der Waals surface area contributed by atoms with Crippen molar-refractivity contribution in [1.29, 1.82) is 5.26 Å². The van der Waals surface area contributed by atoms with E-state index in [-0.39, 0.29) is 5.76 Å². The second-order valence-electron chi connectivity index (χ2n) is 8.44. The number of piperazine rings is 1. The van der Waals surface area contributed by atoms with Gasteiger partial charge in [0.05, 0.1) is 11.6 Å². The minimum absolute atomic E-state index is 0.131. The third-order valence-corrected chi connectivity index (χ3v) is 6.20. The summed E-state index contributed by atoms with van der Waals surface area (Å²) < 4.78 is 5.55. The fourth-order valence-electron chi connectivity index (χ4n) is 4.29. The summed E-state index contributed by atoms with van der Waals surface area (Å²) in [4.78, 5) is 16.7. The predicted octanol–water partition coefficient (Wildman–Crippen LogP) is 4.78. The highest BCUT2D eigenvalue weighted by Gasteiger charge is 2.18. The Morgan fingerprint density at radius 2 is 1.94 bits per heavy atom. The molecule has 8 heteroatoms. The first-order valence-electron chi connectivity index (χ1n) is 11.4. The topological polar surface area (TPSA) is 111 Å². The molecule has 174 valence electrons. The molecule has 0 aliphatic carbocycles. The summed E-state index contributed by atoms with van der Waals surface area (Å²) in [5.74, 6) is 4.49. The number of fused-ring (bicyclic) bond motifs is 1. The normalized spacial score (nSPS) is 14.5. The molecule has 34 heavy (non-hydrogen) atoms. The van der Waals surface area contributed by atoms with Crippen molar-refractivity contribution < 1.29 is 9.21 Å². The van der Waals surface area contributed by atoms with Crippen LogP contribution in [-0.2, 0) is 0 Å². The number of hydrogen-bond donors (Lipinski definition) is 1. The molecule has 1 fully saturated rings. The van der Waals surface area contributed by atoms with E-state index in [4.69, 9.17) is 15.5 Å². The average molecular weight is 457 g/mol. The van der Waals surface area contributed by atoms with E-state index in [1.54, 1.807) is 6.07 Å². The lowest BCUT2D eigenvalue weighted by molar-refractivity contribution is 0.0969. The van der Waals surface area contributed by atoms with Crippen molar-refractivity contribution >= 4 is 28.1 Å². The maximum absolute atomic E-state index is 11.8. The van der Waals surface area contributed by atoms with E-state index >= 15 is 0 Å². The first kappa shape index (κ1) is 23.2. The zero-order valence-corrected chi connectivity index (χ0v) is 19.1. The van der Waals surface area contributed by atoms with Gasteiger partial charge in [-0.25, -0.2) is 0 Å². The molecule has 0 saturated carbocycles. The molecule has 0 bridgehead atoms. The second-order valence-corrected chi connectivity index (χ2v) is 8.44. The lowest BCUT2D eigenvalue weighted by Crippen LogP contribution is -2.46. The molecule has 1 aliphatic heterocycles. The number of rotatable bonds is 8. The van der Waals surface area contributed by atoms with Crippen LogP contribution in [0.2, 0.25) is 0 Å². The van der Waals surface area contributed by atoms with Crippen molar-refractivity contribution in [2.75, 3.05) is 37.6 Å². The van der Waals surface area contributed by atoms with Crippen molar-refractivity contribution in [3.63, 3.8) is 0 Å². The van der Waals surface area contributed by atoms with Crippen molar-refractivity contribution in [3.05, 3.63) is 72.0 Å². The Kier molecular flexibility index (Phi) is 7.35. The third kappa shape index (κ3) is 5.50. The number of unbranched alkanes of at least 4 members (excludes halogenated alkanes) is 1. The predicted molar refractivity (Wildman–Crippen MR) is 132 cm³/mol. The van der Waals surface area contributed by atoms with Crippen molar-refractivity contribution in [2.24, 2.45) is 16.2 Å². The number of carbonyl (C=O) groups excluding carboxylic acids is 1. The highest BCUT2D eigenvalue weighted by Crippen LogP contribution is 2.27. The molecule has 0 unspecified atom stereocenters. The molecule has 0 atom stereocenters. The number of carbonyl (C=O) groups is 1. The summed E-state index contributed by atoms with van der Waals surface area (Å²) in [6, 6.07) is 17.5. The van der Waals surface area contributed by atoms with Gasteiger partial charge >= 0.3 is 5.91 Å². The molecule has 2 N–H and O–H groups in total. The molecular weight excluding hydrogens is 428 g/mol. The summed E-state index contributed by atoms with van der Waals surface area (Å²) in [7, 11) is 0. The quantitative estimate of drug-likeness (QED) is 0.226. The first-order chi connectivity index (χ1) is 16.6. The monoisotopic (exact) mass is 456 g/mol. The van der Waals surface area contributed by atoms with Crippen molar-refractivity contribution in [3.8, 4) is 6.07 Å². The summed E-state index contributed by atoms with van der Waals surface area (Å²) >= 11 is 0. The minimum Gasteiger partial charge on any atom is -0.451 e. The second kappa shape index (κ2) is 10.8. The molecule has 1 saturated heterocycles. The van der Waals surface area contributed by atoms with Gasteiger partial charge < -0.3 is 15.2 Å². The van der Waals surface area contributed by atoms with Gasteiger partial charge in [-0.05, 0) is 73.3 Å². The van der Waals surface area contributed by atoms with Crippen LogP contribution in [0.5, 0.6) is 0 Å². The summed E-state index contributed by atoms with van der Waals surface area (Å²) in [5.41, 5.74) is 4.58. The number of benzene rings is 2. The molecule has 1 aliphatic rings. The summed E-state index contributed by atoms with van der Waals surface area (Å²) in [6.45, 7) is 9.19. The van der Waals surface area contributed by atoms with Gasteiger partial charge in [0.1, 0.15) is 5.58 Å². The number of hydrogen-bond acceptors (Lipinski definition) is 6. The van der Waals surface area contributed by atoms with Crippen LogP contribution < -0.4 is 10.7 Å². The molecule has 1 aromatic heterocycles. The molecule has 4 rings (SSSR count). The molecular formula is C26H28N6O2. The third-order valence-electron chi connectivity index (χ3n) is 6.20. The van der Waals surface area contributed by atoms with Crippen LogP contribution >= 0.6 is 0 Å². The number of furan rings is 1. The zero-order valence-electron chi connectivity index (χ0n) is 19.1. The fraction of sp³-hybridized carbons (Fsp3) is 0.308. The molecule has 3 aromatic rings. The largest absolute Gasteiger partial charge is 0.451 e. The van der Waals surface area contributed by atoms with Gasteiger partial charge in [0.25, 0.3) is 0 Å². The van der Waals surface area contributed by atoms with E-state index in [0.717, 1.165) is 74.2 Å². The Hall–Kier alpha value is -3.96. The maximum Gasteiger partial charge on any atom is 0.332 e. The Labute approximate surface area is 198 Å². The van der Waals surface area contributed by atoms with Crippen LogP contribution in [0.15, 0.2) is 69.9 Å². The number of nitrogens with two attached hydrogens (primary N) is 1. The van der Waals surface area contributed by atoms with Crippen LogP contribution in [0.4, 0.5) is 5.69 Å². The molecule has 0 spiro atoms. The molecule has 2 heterocycles. The molecule has 1 amide bonds. The fourth-order valence-corrected chi connectivity index (χ4v) is 4.29. The van der Waals surface area contributed by atoms with Gasteiger partial charge in [-0.15, -0.1) is 0 Å². The lowest BCUT2D eigenvalue weighted by Gasteiger charge is -2.36. The van der Waals surface area contributed by atoms with E-state index in [1.807, 2.05) is 42.5 Å². The van der Waals surface area contributed by atoms with E-state index in [1.165, 1.54) is 0 Å². The van der Waals surface area contributed by atoms with E-state index in [0.29, 0.717) is 11.1 Å². The molecule has 2 aromatic carbocycles. The Bertz CT molecular complexity index is 1250. The number of anilines is 1.